The lowest BCUT2D eigenvalue weighted by atomic mass is 9.66. The average molecular weight is 613 g/mol. The number of piperidine rings is 1. The van der Waals surface area contributed by atoms with Crippen molar-refractivity contribution in [1.29, 1.82) is 0 Å². The SMILES string of the molecule is Cc1ccc2c(c1)C1(CCN(C3COC3)CC1)CN2c1ncc(C(=O)NC2CC3CC(C2)CC(C(N)=O)C3)c(C(F)(F)F)n1. The van der Waals surface area contributed by atoms with Crippen LogP contribution in [0.2, 0.25) is 0 Å². The number of alkyl halides is 3. The standard InChI is InChI=1S/C32H39F3N6O3/c1-18-2-3-26-25(8-18)31(4-6-40(7-5-31)23-15-44-16-23)17-41(26)30-37-14-24(27(39-30)32(33,34)35)29(43)38-22-12-19-9-20(13-22)11-21(10-19)28(36)42/h2-3,8,14,19-23H,4-7,9-13,15-17H2,1H3,(H2,36,42)(H,38,43). The summed E-state index contributed by atoms with van der Waals surface area (Å²) in [6.45, 7) is 5.81. The van der Waals surface area contributed by atoms with Gasteiger partial charge in [-0.3, -0.25) is 14.5 Å². The van der Waals surface area contributed by atoms with Gasteiger partial charge in [-0.25, -0.2) is 9.97 Å². The smallest absolute Gasteiger partial charge is 0.378 e. The van der Waals surface area contributed by atoms with E-state index in [4.69, 9.17) is 10.5 Å². The Bertz CT molecular complexity index is 1440. The average Bonchev–Trinajstić information content (AvgIpc) is 3.25. The topological polar surface area (TPSA) is 114 Å². The quantitative estimate of drug-likeness (QED) is 0.523. The Kier molecular flexibility index (Phi) is 7.35. The number of nitrogens with zero attached hydrogens (tertiary/aromatic N) is 4. The molecule has 2 atom stereocenters. The first kappa shape index (κ1) is 29.5. The molecule has 1 spiro atoms. The molecule has 2 aromatic rings. The van der Waals surface area contributed by atoms with Crippen LogP contribution < -0.4 is 16.0 Å². The summed E-state index contributed by atoms with van der Waals surface area (Å²) < 4.78 is 48.8. The van der Waals surface area contributed by atoms with Crippen molar-refractivity contribution in [2.45, 2.75) is 75.5 Å². The van der Waals surface area contributed by atoms with E-state index in [2.05, 4.69) is 26.3 Å². The zero-order valence-corrected chi connectivity index (χ0v) is 24.9. The minimum atomic E-state index is -4.84. The third kappa shape index (κ3) is 5.33. The van der Waals surface area contributed by atoms with E-state index >= 15 is 0 Å². The van der Waals surface area contributed by atoms with Crippen LogP contribution in [-0.4, -0.2) is 71.6 Å². The molecule has 4 heterocycles. The van der Waals surface area contributed by atoms with Crippen LogP contribution in [0.4, 0.5) is 24.8 Å². The molecule has 12 heteroatoms. The second-order valence-electron chi connectivity index (χ2n) is 13.7. The van der Waals surface area contributed by atoms with Gasteiger partial charge < -0.3 is 20.7 Å². The van der Waals surface area contributed by atoms with E-state index in [1.807, 2.05) is 19.1 Å². The first-order valence-electron chi connectivity index (χ1n) is 15.7. The lowest BCUT2D eigenvalue weighted by molar-refractivity contribution is -0.141. The summed E-state index contributed by atoms with van der Waals surface area (Å²) >= 11 is 0. The summed E-state index contributed by atoms with van der Waals surface area (Å²) in [6, 6.07) is 6.23. The van der Waals surface area contributed by atoms with Crippen molar-refractivity contribution in [3.8, 4) is 0 Å². The Morgan fingerprint density at radius 3 is 2.39 bits per heavy atom. The molecule has 9 nitrogen and oxygen atoms in total. The van der Waals surface area contributed by atoms with Gasteiger partial charge in [0, 0.05) is 35.8 Å². The van der Waals surface area contributed by atoms with Crippen LogP contribution in [0.1, 0.15) is 72.1 Å². The molecule has 2 saturated heterocycles. The van der Waals surface area contributed by atoms with Crippen LogP contribution in [0.15, 0.2) is 24.4 Å². The van der Waals surface area contributed by atoms with Crippen LogP contribution in [-0.2, 0) is 21.1 Å². The van der Waals surface area contributed by atoms with Crippen molar-refractivity contribution >= 4 is 23.5 Å². The zero-order chi connectivity index (χ0) is 30.8. The van der Waals surface area contributed by atoms with Gasteiger partial charge in [0.15, 0.2) is 5.69 Å². The molecule has 2 bridgehead atoms. The largest absolute Gasteiger partial charge is 0.434 e. The number of anilines is 2. The Morgan fingerprint density at radius 2 is 1.77 bits per heavy atom. The number of halogens is 3. The number of nitrogens with one attached hydrogen (secondary N) is 1. The fourth-order valence-electron chi connectivity index (χ4n) is 8.49. The van der Waals surface area contributed by atoms with Crippen molar-refractivity contribution in [2.75, 3.05) is 37.7 Å². The van der Waals surface area contributed by atoms with E-state index in [1.54, 1.807) is 4.90 Å². The highest BCUT2D eigenvalue weighted by molar-refractivity contribution is 5.95. The van der Waals surface area contributed by atoms with Crippen LogP contribution >= 0.6 is 0 Å². The van der Waals surface area contributed by atoms with Gasteiger partial charge in [-0.15, -0.1) is 0 Å². The number of likely N-dealkylation sites (tertiary alicyclic amines) is 1. The number of primary amides is 1. The molecule has 3 N–H and O–H groups in total. The van der Waals surface area contributed by atoms with Gasteiger partial charge in [0.05, 0.1) is 24.8 Å². The summed E-state index contributed by atoms with van der Waals surface area (Å²) in [4.78, 5) is 37.7. The van der Waals surface area contributed by atoms with Crippen LogP contribution in [0.3, 0.4) is 0 Å². The second-order valence-corrected chi connectivity index (χ2v) is 13.7. The molecule has 0 radical (unpaired) electrons. The maximum absolute atomic E-state index is 14.5. The molecule has 2 saturated carbocycles. The van der Waals surface area contributed by atoms with Crippen molar-refractivity contribution in [1.82, 2.24) is 20.2 Å². The molecule has 2 aliphatic carbocycles. The molecule has 2 unspecified atom stereocenters. The van der Waals surface area contributed by atoms with Gasteiger partial charge in [0.1, 0.15) is 0 Å². The van der Waals surface area contributed by atoms with E-state index in [9.17, 15) is 22.8 Å². The Labute approximate surface area is 254 Å². The minimum absolute atomic E-state index is 0.0460. The number of carbonyl (C=O) groups excluding carboxylic acids is 2. The lowest BCUT2D eigenvalue weighted by Crippen LogP contribution is -2.54. The molecule has 1 aromatic carbocycles. The van der Waals surface area contributed by atoms with Crippen molar-refractivity contribution in [3.05, 3.63) is 46.8 Å². The Hall–Kier alpha value is -3.25. The monoisotopic (exact) mass is 612 g/mol. The summed E-state index contributed by atoms with van der Waals surface area (Å²) in [5, 5.41) is 2.84. The second kappa shape index (κ2) is 11.0. The van der Waals surface area contributed by atoms with Crippen molar-refractivity contribution < 1.29 is 27.5 Å². The summed E-state index contributed by atoms with van der Waals surface area (Å²) in [5.74, 6) is -0.906. The minimum Gasteiger partial charge on any atom is -0.378 e. The molecule has 5 aliphatic rings. The van der Waals surface area contributed by atoms with E-state index in [-0.39, 0.29) is 41.1 Å². The number of benzene rings is 1. The number of aromatic nitrogens is 2. The Morgan fingerprint density at radius 1 is 1.07 bits per heavy atom. The molecular weight excluding hydrogens is 573 g/mol. The molecule has 7 rings (SSSR count). The van der Waals surface area contributed by atoms with Gasteiger partial charge in [-0.2, -0.15) is 13.2 Å². The fraction of sp³-hybridized carbons (Fsp3) is 0.625. The lowest BCUT2D eigenvalue weighted by Gasteiger charge is -2.45. The predicted molar refractivity (Wildman–Crippen MR) is 156 cm³/mol. The summed E-state index contributed by atoms with van der Waals surface area (Å²) in [6.07, 6.45) is 1.46. The number of nitrogens with two attached hydrogens (primary N) is 1. The fourth-order valence-corrected chi connectivity index (χ4v) is 8.49. The number of fused-ring (bicyclic) bond motifs is 4. The number of amides is 2. The third-order valence-electron chi connectivity index (χ3n) is 10.8. The first-order valence-corrected chi connectivity index (χ1v) is 15.7. The number of ether oxygens (including phenoxy) is 1. The molecular formula is C32H39F3N6O3. The molecule has 2 amide bonds. The highest BCUT2D eigenvalue weighted by Crippen LogP contribution is 2.50. The maximum atomic E-state index is 14.5. The zero-order valence-electron chi connectivity index (χ0n) is 24.9. The summed E-state index contributed by atoms with van der Waals surface area (Å²) in [7, 11) is 0. The van der Waals surface area contributed by atoms with Crippen molar-refractivity contribution in [2.24, 2.45) is 23.5 Å². The van der Waals surface area contributed by atoms with E-state index < -0.39 is 23.3 Å². The van der Waals surface area contributed by atoms with Gasteiger partial charge in [-0.05, 0) is 88.4 Å². The normalized spacial score (nSPS) is 28.4. The highest BCUT2D eigenvalue weighted by Gasteiger charge is 2.48. The highest BCUT2D eigenvalue weighted by atomic mass is 19.4. The molecule has 1 aromatic heterocycles. The van der Waals surface area contributed by atoms with Gasteiger partial charge in [0.2, 0.25) is 11.9 Å². The Balaban J connectivity index is 1.13. The number of aryl methyl sites for hydroxylation is 1. The number of rotatable bonds is 5. The predicted octanol–water partition coefficient (Wildman–Crippen LogP) is 4.10. The van der Waals surface area contributed by atoms with E-state index in [0.29, 0.717) is 38.3 Å². The third-order valence-corrected chi connectivity index (χ3v) is 10.8. The van der Waals surface area contributed by atoms with Gasteiger partial charge >= 0.3 is 6.18 Å². The maximum Gasteiger partial charge on any atom is 0.434 e. The van der Waals surface area contributed by atoms with Gasteiger partial charge in [-0.1, -0.05) is 17.7 Å². The molecule has 4 fully saturated rings. The number of hydrogen-bond donors (Lipinski definition) is 2. The van der Waals surface area contributed by atoms with Crippen LogP contribution in [0.25, 0.3) is 0 Å². The first-order chi connectivity index (χ1) is 21.0. The molecule has 3 aliphatic heterocycles. The summed E-state index contributed by atoms with van der Waals surface area (Å²) in [5.41, 5.74) is 6.58. The molecule has 236 valence electrons. The number of carbonyl (C=O) groups is 2. The molecule has 44 heavy (non-hydrogen) atoms. The van der Waals surface area contributed by atoms with Crippen molar-refractivity contribution in [3.63, 3.8) is 0 Å². The van der Waals surface area contributed by atoms with E-state index in [1.165, 1.54) is 0 Å². The van der Waals surface area contributed by atoms with E-state index in [0.717, 1.165) is 68.6 Å². The van der Waals surface area contributed by atoms with Gasteiger partial charge in [0.25, 0.3) is 5.91 Å². The van der Waals surface area contributed by atoms with Crippen LogP contribution in [0, 0.1) is 24.7 Å². The number of hydrogen-bond acceptors (Lipinski definition) is 7. The van der Waals surface area contributed by atoms with Crippen LogP contribution in [0.5, 0.6) is 0 Å².